The van der Waals surface area contributed by atoms with Crippen LogP contribution in [0.4, 0.5) is 4.39 Å². The molecule has 4 heteroatoms. The van der Waals surface area contributed by atoms with E-state index in [0.717, 1.165) is 25.9 Å². The zero-order valence-electron chi connectivity index (χ0n) is 13.1. The molecule has 2 rings (SSSR count). The lowest BCUT2D eigenvalue weighted by atomic mass is 9.79. The van der Waals surface area contributed by atoms with Gasteiger partial charge in [-0.25, -0.2) is 4.39 Å². The van der Waals surface area contributed by atoms with Gasteiger partial charge in [0.05, 0.1) is 5.41 Å². The molecule has 1 amide bonds. The number of piperidine rings is 1. The monoisotopic (exact) mass is 292 g/mol. The normalized spacial score (nSPS) is 18.3. The number of rotatable bonds is 4. The minimum atomic E-state index is -0.731. The van der Waals surface area contributed by atoms with Gasteiger partial charge in [0.25, 0.3) is 0 Å². The fraction of sp³-hybridized carbons (Fsp3) is 0.588. The molecule has 116 valence electrons. The van der Waals surface area contributed by atoms with E-state index in [9.17, 15) is 9.18 Å². The molecule has 0 radical (unpaired) electrons. The summed E-state index contributed by atoms with van der Waals surface area (Å²) in [7, 11) is 0. The zero-order chi connectivity index (χ0) is 15.5. The maximum absolute atomic E-state index is 13.4. The highest BCUT2D eigenvalue weighted by atomic mass is 19.1. The fourth-order valence-electron chi connectivity index (χ4n) is 2.73. The quantitative estimate of drug-likeness (QED) is 0.895. The Morgan fingerprint density at radius 1 is 1.38 bits per heavy atom. The molecule has 0 saturated carbocycles. The molecule has 21 heavy (non-hydrogen) atoms. The summed E-state index contributed by atoms with van der Waals surface area (Å²) in [5, 5.41) is 6.40. The fourth-order valence-corrected chi connectivity index (χ4v) is 2.73. The summed E-state index contributed by atoms with van der Waals surface area (Å²) in [4.78, 5) is 12.5. The van der Waals surface area contributed by atoms with Crippen LogP contribution in [0, 0.1) is 11.2 Å². The summed E-state index contributed by atoms with van der Waals surface area (Å²) in [5.74, 6) is -0.355. The minimum absolute atomic E-state index is 0.0483. The van der Waals surface area contributed by atoms with Crippen LogP contribution < -0.4 is 10.6 Å². The van der Waals surface area contributed by atoms with Crippen LogP contribution >= 0.6 is 0 Å². The van der Waals surface area contributed by atoms with Gasteiger partial charge in [-0.3, -0.25) is 4.79 Å². The van der Waals surface area contributed by atoms with Crippen molar-refractivity contribution in [2.75, 3.05) is 19.6 Å². The smallest absolute Gasteiger partial charge is 0.230 e. The molecule has 1 heterocycles. The van der Waals surface area contributed by atoms with Crippen molar-refractivity contribution in [1.29, 1.82) is 0 Å². The van der Waals surface area contributed by atoms with Crippen LogP contribution in [-0.2, 0) is 10.2 Å². The topological polar surface area (TPSA) is 41.1 Å². The van der Waals surface area contributed by atoms with Gasteiger partial charge < -0.3 is 10.6 Å². The predicted octanol–water partition coefficient (Wildman–Crippen LogP) is 2.61. The van der Waals surface area contributed by atoms with Crippen molar-refractivity contribution in [3.8, 4) is 0 Å². The number of amides is 1. The molecule has 3 nitrogen and oxygen atoms in total. The molecule has 0 aliphatic carbocycles. The van der Waals surface area contributed by atoms with Gasteiger partial charge in [0.15, 0.2) is 0 Å². The minimum Gasteiger partial charge on any atom is -0.355 e. The highest BCUT2D eigenvalue weighted by Crippen LogP contribution is 2.28. The number of hydrogen-bond acceptors (Lipinski definition) is 2. The SMILES string of the molecule is CC1(CNC(=O)C(C)(C)c2cccc(F)c2)CCNCC1. The maximum Gasteiger partial charge on any atom is 0.230 e. The Bertz CT molecular complexity index is 507. The van der Waals surface area contributed by atoms with E-state index >= 15 is 0 Å². The Morgan fingerprint density at radius 3 is 2.67 bits per heavy atom. The van der Waals surface area contributed by atoms with Crippen molar-refractivity contribution in [3.05, 3.63) is 35.6 Å². The van der Waals surface area contributed by atoms with E-state index in [0.29, 0.717) is 12.1 Å². The van der Waals surface area contributed by atoms with Crippen molar-refractivity contribution >= 4 is 5.91 Å². The van der Waals surface area contributed by atoms with Gasteiger partial charge in [-0.2, -0.15) is 0 Å². The molecule has 1 aliphatic rings. The van der Waals surface area contributed by atoms with Crippen molar-refractivity contribution in [2.24, 2.45) is 5.41 Å². The van der Waals surface area contributed by atoms with Gasteiger partial charge >= 0.3 is 0 Å². The Morgan fingerprint density at radius 2 is 2.05 bits per heavy atom. The average molecular weight is 292 g/mol. The molecule has 1 aromatic rings. The van der Waals surface area contributed by atoms with E-state index in [4.69, 9.17) is 0 Å². The molecule has 1 saturated heterocycles. The first kappa shape index (κ1) is 16.0. The van der Waals surface area contributed by atoms with E-state index in [1.54, 1.807) is 12.1 Å². The first-order chi connectivity index (χ1) is 9.83. The first-order valence-corrected chi connectivity index (χ1v) is 7.59. The molecule has 0 spiro atoms. The van der Waals surface area contributed by atoms with Crippen molar-refractivity contribution in [3.63, 3.8) is 0 Å². The molecule has 1 aromatic carbocycles. The third kappa shape index (κ3) is 3.82. The first-order valence-electron chi connectivity index (χ1n) is 7.59. The summed E-state index contributed by atoms with van der Waals surface area (Å²) >= 11 is 0. The van der Waals surface area contributed by atoms with Gasteiger partial charge in [-0.05, 0) is 62.9 Å². The molecular formula is C17H25FN2O. The van der Waals surface area contributed by atoms with Crippen LogP contribution in [-0.4, -0.2) is 25.5 Å². The molecule has 2 N–H and O–H groups in total. The standard InChI is InChI=1S/C17H25FN2O/c1-16(2,13-5-4-6-14(18)11-13)15(21)20-12-17(3)7-9-19-10-8-17/h4-6,11,19H,7-10,12H2,1-3H3,(H,20,21). The lowest BCUT2D eigenvalue weighted by Gasteiger charge is -2.35. The second kappa shape index (κ2) is 6.14. The van der Waals surface area contributed by atoms with Crippen molar-refractivity contribution < 1.29 is 9.18 Å². The van der Waals surface area contributed by atoms with Crippen LogP contribution in [0.1, 0.15) is 39.2 Å². The predicted molar refractivity (Wildman–Crippen MR) is 82.6 cm³/mol. The molecule has 0 bridgehead atoms. The van der Waals surface area contributed by atoms with E-state index in [-0.39, 0.29) is 17.1 Å². The number of nitrogens with one attached hydrogen (secondary N) is 2. The van der Waals surface area contributed by atoms with E-state index in [1.165, 1.54) is 12.1 Å². The number of halogens is 1. The lowest BCUT2D eigenvalue weighted by Crippen LogP contribution is -2.47. The number of benzene rings is 1. The summed E-state index contributed by atoms with van der Waals surface area (Å²) in [5.41, 5.74) is 0.125. The molecule has 0 aromatic heterocycles. The van der Waals surface area contributed by atoms with Crippen LogP contribution in [0.3, 0.4) is 0 Å². The zero-order valence-corrected chi connectivity index (χ0v) is 13.1. The van der Waals surface area contributed by atoms with E-state index in [1.807, 2.05) is 13.8 Å². The van der Waals surface area contributed by atoms with Crippen LogP contribution in [0.15, 0.2) is 24.3 Å². The molecule has 0 atom stereocenters. The Kier molecular flexibility index (Phi) is 4.67. The second-order valence-corrected chi connectivity index (χ2v) is 6.88. The number of carbonyl (C=O) groups excluding carboxylic acids is 1. The molecule has 1 aliphatic heterocycles. The van der Waals surface area contributed by atoms with E-state index in [2.05, 4.69) is 17.6 Å². The molecule has 0 unspecified atom stereocenters. The Hall–Kier alpha value is -1.42. The number of hydrogen-bond donors (Lipinski definition) is 2. The maximum atomic E-state index is 13.4. The molecular weight excluding hydrogens is 267 g/mol. The third-order valence-corrected chi connectivity index (χ3v) is 4.60. The number of carbonyl (C=O) groups is 1. The van der Waals surface area contributed by atoms with Crippen molar-refractivity contribution in [2.45, 2.75) is 39.0 Å². The van der Waals surface area contributed by atoms with Crippen molar-refractivity contribution in [1.82, 2.24) is 10.6 Å². The van der Waals surface area contributed by atoms with Gasteiger partial charge in [-0.15, -0.1) is 0 Å². The highest BCUT2D eigenvalue weighted by Gasteiger charge is 2.33. The Balaban J connectivity index is 2.01. The largest absolute Gasteiger partial charge is 0.355 e. The summed E-state index contributed by atoms with van der Waals surface area (Å²) < 4.78 is 13.4. The highest BCUT2D eigenvalue weighted by molar-refractivity contribution is 5.87. The van der Waals surface area contributed by atoms with Gasteiger partial charge in [0.2, 0.25) is 5.91 Å². The average Bonchev–Trinajstić information content (AvgIpc) is 2.45. The van der Waals surface area contributed by atoms with Crippen LogP contribution in [0.25, 0.3) is 0 Å². The summed E-state index contributed by atoms with van der Waals surface area (Å²) in [6, 6.07) is 6.28. The Labute approximate surface area is 126 Å². The molecule has 1 fully saturated rings. The van der Waals surface area contributed by atoms with Crippen LogP contribution in [0.5, 0.6) is 0 Å². The third-order valence-electron chi connectivity index (χ3n) is 4.60. The summed E-state index contributed by atoms with van der Waals surface area (Å²) in [6.45, 7) is 8.55. The second-order valence-electron chi connectivity index (χ2n) is 6.88. The van der Waals surface area contributed by atoms with Gasteiger partial charge in [-0.1, -0.05) is 19.1 Å². The summed E-state index contributed by atoms with van der Waals surface area (Å²) in [6.07, 6.45) is 2.13. The van der Waals surface area contributed by atoms with Crippen LogP contribution in [0.2, 0.25) is 0 Å². The van der Waals surface area contributed by atoms with E-state index < -0.39 is 5.41 Å². The van der Waals surface area contributed by atoms with Gasteiger partial charge in [0, 0.05) is 6.54 Å². The van der Waals surface area contributed by atoms with Gasteiger partial charge in [0.1, 0.15) is 5.82 Å². The lowest BCUT2D eigenvalue weighted by molar-refractivity contribution is -0.126.